The Labute approximate surface area is 193 Å². The molecule has 152 valence electrons. The number of hydrogen-bond acceptors (Lipinski definition) is 2. The van der Waals surface area contributed by atoms with Gasteiger partial charge >= 0.3 is 0 Å². The second-order valence-corrected chi connectivity index (χ2v) is 9.38. The summed E-state index contributed by atoms with van der Waals surface area (Å²) in [7, 11) is 0. The molecule has 0 saturated carbocycles. The molecule has 1 aliphatic heterocycles. The molecule has 1 aliphatic rings. The predicted molar refractivity (Wildman–Crippen MR) is 125 cm³/mol. The molecule has 4 rings (SSSR count). The lowest BCUT2D eigenvalue weighted by atomic mass is 9.75. The normalized spacial score (nSPS) is 21.5. The first-order chi connectivity index (χ1) is 14.5. The zero-order valence-electron chi connectivity index (χ0n) is 16.5. The summed E-state index contributed by atoms with van der Waals surface area (Å²) in [4.78, 5) is 28.4. The average molecular weight is 527 g/mol. The molecular formula is C25H21Br2NO2. The molecule has 3 nitrogen and oxygen atoms in total. The number of carbonyl (C=O) groups is 2. The molecule has 0 radical (unpaired) electrons. The molecule has 1 fully saturated rings. The van der Waals surface area contributed by atoms with E-state index in [2.05, 4.69) is 31.9 Å². The van der Waals surface area contributed by atoms with Crippen molar-refractivity contribution in [2.75, 3.05) is 0 Å². The monoisotopic (exact) mass is 525 g/mol. The molecule has 5 heteroatoms. The van der Waals surface area contributed by atoms with Crippen molar-refractivity contribution in [1.82, 2.24) is 4.90 Å². The lowest BCUT2D eigenvalue weighted by Crippen LogP contribution is -2.46. The van der Waals surface area contributed by atoms with E-state index in [1.807, 2.05) is 83.8 Å². The maximum absolute atomic E-state index is 13.5. The number of benzene rings is 3. The Balaban J connectivity index is 1.87. The summed E-state index contributed by atoms with van der Waals surface area (Å²) in [5, 5.41) is 0. The summed E-state index contributed by atoms with van der Waals surface area (Å²) in [6, 6.07) is 24.9. The van der Waals surface area contributed by atoms with Crippen LogP contribution in [-0.4, -0.2) is 16.6 Å². The van der Waals surface area contributed by atoms with Crippen LogP contribution in [0.15, 0.2) is 87.8 Å². The highest BCUT2D eigenvalue weighted by Gasteiger charge is 2.45. The molecule has 1 heterocycles. The van der Waals surface area contributed by atoms with Crippen molar-refractivity contribution in [3.8, 4) is 0 Å². The summed E-state index contributed by atoms with van der Waals surface area (Å²) in [6.45, 7) is 1.59. The average Bonchev–Trinajstić information content (AvgIpc) is 2.74. The van der Waals surface area contributed by atoms with E-state index in [-0.39, 0.29) is 23.8 Å². The first kappa shape index (κ1) is 21.0. The van der Waals surface area contributed by atoms with E-state index in [1.54, 1.807) is 6.92 Å². The number of hydrogen-bond donors (Lipinski definition) is 0. The third-order valence-electron chi connectivity index (χ3n) is 5.68. The van der Waals surface area contributed by atoms with Crippen LogP contribution in [0.2, 0.25) is 0 Å². The van der Waals surface area contributed by atoms with Gasteiger partial charge in [-0.25, -0.2) is 0 Å². The zero-order chi connectivity index (χ0) is 21.3. The lowest BCUT2D eigenvalue weighted by molar-refractivity contribution is -0.142. The van der Waals surface area contributed by atoms with Crippen LogP contribution in [0.1, 0.15) is 48.0 Å². The maximum Gasteiger partial charge on any atom is 0.220 e. The molecule has 1 amide bonds. The standard InChI is InChI=1S/C25H21Br2NO2/c1-16(29)28-22(17-7-11-20(26)12-8-17)15-23(30)24(18-5-3-2-4-6-18)25(28)19-9-13-21(27)14-10-19/h2-14,22,24-25H,15H2,1H3. The van der Waals surface area contributed by atoms with Crippen molar-refractivity contribution in [2.45, 2.75) is 31.3 Å². The Kier molecular flexibility index (Phi) is 6.21. The third kappa shape index (κ3) is 4.14. The van der Waals surface area contributed by atoms with Crippen molar-refractivity contribution in [3.63, 3.8) is 0 Å². The number of likely N-dealkylation sites (tertiary alicyclic amines) is 1. The number of amides is 1. The first-order valence-electron chi connectivity index (χ1n) is 9.83. The Morgan fingerprint density at radius 2 is 1.33 bits per heavy atom. The van der Waals surface area contributed by atoms with Gasteiger partial charge in [-0.2, -0.15) is 0 Å². The number of nitrogens with zero attached hydrogens (tertiary/aromatic N) is 1. The molecule has 0 aliphatic carbocycles. The summed E-state index contributed by atoms with van der Waals surface area (Å²) in [6.07, 6.45) is 0.299. The number of piperidine rings is 1. The van der Waals surface area contributed by atoms with Gasteiger partial charge in [-0.3, -0.25) is 9.59 Å². The van der Waals surface area contributed by atoms with Gasteiger partial charge < -0.3 is 4.90 Å². The highest BCUT2D eigenvalue weighted by molar-refractivity contribution is 9.10. The van der Waals surface area contributed by atoms with Gasteiger partial charge in [-0.05, 0) is 41.0 Å². The van der Waals surface area contributed by atoms with Crippen molar-refractivity contribution in [3.05, 3.63) is 104 Å². The molecule has 0 aromatic heterocycles. The summed E-state index contributed by atoms with van der Waals surface area (Å²) in [5.74, 6) is -0.285. The molecule has 0 N–H and O–H groups in total. The van der Waals surface area contributed by atoms with Crippen LogP contribution < -0.4 is 0 Å². The van der Waals surface area contributed by atoms with Crippen LogP contribution in [-0.2, 0) is 9.59 Å². The number of halogens is 2. The molecule has 30 heavy (non-hydrogen) atoms. The smallest absolute Gasteiger partial charge is 0.220 e. The Morgan fingerprint density at radius 1 is 0.800 bits per heavy atom. The second kappa shape index (κ2) is 8.86. The van der Waals surface area contributed by atoms with E-state index in [9.17, 15) is 9.59 Å². The van der Waals surface area contributed by atoms with Gasteiger partial charge in [0.25, 0.3) is 0 Å². The van der Waals surface area contributed by atoms with Crippen LogP contribution in [0.4, 0.5) is 0 Å². The topological polar surface area (TPSA) is 37.4 Å². The fourth-order valence-electron chi connectivity index (χ4n) is 4.37. The van der Waals surface area contributed by atoms with E-state index >= 15 is 0 Å². The fourth-order valence-corrected chi connectivity index (χ4v) is 4.90. The molecule has 3 aromatic carbocycles. The summed E-state index contributed by atoms with van der Waals surface area (Å²) in [5.41, 5.74) is 2.86. The Bertz CT molecular complexity index is 1050. The second-order valence-electron chi connectivity index (χ2n) is 7.55. The van der Waals surface area contributed by atoms with Crippen molar-refractivity contribution in [1.29, 1.82) is 0 Å². The van der Waals surface area contributed by atoms with Crippen LogP contribution >= 0.6 is 31.9 Å². The maximum atomic E-state index is 13.5. The number of carbonyl (C=O) groups excluding carboxylic acids is 2. The molecule has 1 saturated heterocycles. The van der Waals surface area contributed by atoms with Gasteiger partial charge in [-0.1, -0.05) is 86.5 Å². The fraction of sp³-hybridized carbons (Fsp3) is 0.200. The number of rotatable bonds is 3. The van der Waals surface area contributed by atoms with Crippen molar-refractivity contribution < 1.29 is 9.59 Å². The minimum atomic E-state index is -0.400. The third-order valence-corrected chi connectivity index (χ3v) is 6.74. The van der Waals surface area contributed by atoms with Crippen LogP contribution in [0.3, 0.4) is 0 Å². The predicted octanol–water partition coefficient (Wildman–Crippen LogP) is 6.60. The van der Waals surface area contributed by atoms with E-state index in [4.69, 9.17) is 0 Å². The highest BCUT2D eigenvalue weighted by Crippen LogP contribution is 2.47. The van der Waals surface area contributed by atoms with Crippen LogP contribution in [0.5, 0.6) is 0 Å². The highest BCUT2D eigenvalue weighted by atomic mass is 79.9. The Morgan fingerprint density at radius 3 is 1.87 bits per heavy atom. The quantitative estimate of drug-likeness (QED) is 0.385. The molecule has 0 spiro atoms. The van der Waals surface area contributed by atoms with Gasteiger partial charge in [0.2, 0.25) is 5.91 Å². The van der Waals surface area contributed by atoms with Gasteiger partial charge in [0.1, 0.15) is 5.78 Å². The molecular weight excluding hydrogens is 506 g/mol. The SMILES string of the molecule is CC(=O)N1C(c2ccc(Br)cc2)CC(=O)C(c2ccccc2)C1c1ccc(Br)cc1. The zero-order valence-corrected chi connectivity index (χ0v) is 19.6. The summed E-state index contributed by atoms with van der Waals surface area (Å²) < 4.78 is 1.93. The van der Waals surface area contributed by atoms with E-state index in [0.717, 1.165) is 25.6 Å². The Hall–Kier alpha value is -2.24. The van der Waals surface area contributed by atoms with Gasteiger partial charge in [-0.15, -0.1) is 0 Å². The van der Waals surface area contributed by atoms with Crippen LogP contribution in [0.25, 0.3) is 0 Å². The van der Waals surface area contributed by atoms with Gasteiger partial charge in [0, 0.05) is 22.3 Å². The van der Waals surface area contributed by atoms with E-state index in [1.165, 1.54) is 0 Å². The number of ketones is 1. The van der Waals surface area contributed by atoms with E-state index < -0.39 is 5.92 Å². The van der Waals surface area contributed by atoms with Gasteiger partial charge in [0.05, 0.1) is 18.0 Å². The van der Waals surface area contributed by atoms with Crippen molar-refractivity contribution in [2.24, 2.45) is 0 Å². The van der Waals surface area contributed by atoms with E-state index in [0.29, 0.717) is 6.42 Å². The molecule has 0 bridgehead atoms. The van der Waals surface area contributed by atoms with Gasteiger partial charge in [0.15, 0.2) is 0 Å². The molecule has 3 aromatic rings. The number of Topliss-reactive ketones (excluding diaryl/α,β-unsaturated/α-hetero) is 1. The van der Waals surface area contributed by atoms with Crippen LogP contribution in [0, 0.1) is 0 Å². The molecule has 3 atom stereocenters. The minimum absolute atomic E-state index is 0.0377. The largest absolute Gasteiger partial charge is 0.327 e. The lowest BCUT2D eigenvalue weighted by Gasteiger charge is -2.46. The first-order valence-corrected chi connectivity index (χ1v) is 11.4. The summed E-state index contributed by atoms with van der Waals surface area (Å²) >= 11 is 6.96. The minimum Gasteiger partial charge on any atom is -0.327 e. The molecule has 3 unspecified atom stereocenters. The van der Waals surface area contributed by atoms with Crippen molar-refractivity contribution >= 4 is 43.6 Å².